The molecule has 0 saturated carbocycles. The first kappa shape index (κ1) is 13.9. The van der Waals surface area contributed by atoms with Crippen LogP contribution in [0.4, 0.5) is 18.9 Å². The number of carboxylic acid groups (broad SMARTS) is 1. The molecule has 0 radical (unpaired) electrons. The zero-order valence-corrected chi connectivity index (χ0v) is 10.2. The minimum atomic E-state index is -4.62. The number of methoxy groups -OCH3 is 1. The van der Waals surface area contributed by atoms with E-state index in [0.717, 1.165) is 18.2 Å². The molecule has 1 aromatic carbocycles. The van der Waals surface area contributed by atoms with E-state index in [1.807, 2.05) is 0 Å². The lowest BCUT2D eigenvalue weighted by molar-refractivity contribution is -0.140. The number of aromatic nitrogens is 1. The highest BCUT2D eigenvalue weighted by molar-refractivity contribution is 6.03. The van der Waals surface area contributed by atoms with E-state index >= 15 is 0 Å². The van der Waals surface area contributed by atoms with Gasteiger partial charge < -0.3 is 15.6 Å². The van der Waals surface area contributed by atoms with Crippen LogP contribution in [0.3, 0.4) is 0 Å². The van der Waals surface area contributed by atoms with Crippen LogP contribution < -0.4 is 10.5 Å². The average Bonchev–Trinajstić information content (AvgIpc) is 2.36. The van der Waals surface area contributed by atoms with E-state index in [9.17, 15) is 18.0 Å². The van der Waals surface area contributed by atoms with Crippen LogP contribution in [-0.2, 0) is 6.18 Å². The van der Waals surface area contributed by atoms with Gasteiger partial charge in [-0.15, -0.1) is 0 Å². The van der Waals surface area contributed by atoms with E-state index in [0.29, 0.717) is 0 Å². The number of ether oxygens (including phenoxy) is 1. The predicted molar refractivity (Wildman–Crippen MR) is 64.7 cm³/mol. The molecule has 5 nitrogen and oxygen atoms in total. The highest BCUT2D eigenvalue weighted by Crippen LogP contribution is 2.36. The van der Waals surface area contributed by atoms with Gasteiger partial charge in [-0.2, -0.15) is 13.2 Å². The molecule has 0 amide bonds. The smallest absolute Gasteiger partial charge is 0.433 e. The monoisotopic (exact) mass is 286 g/mol. The lowest BCUT2D eigenvalue weighted by atomic mass is 10.1. The summed E-state index contributed by atoms with van der Waals surface area (Å²) in [5.74, 6) is -1.39. The third-order valence-corrected chi connectivity index (χ3v) is 2.71. The van der Waals surface area contributed by atoms with Crippen molar-refractivity contribution in [1.29, 1.82) is 0 Å². The summed E-state index contributed by atoms with van der Waals surface area (Å²) in [6.07, 6.45) is -4.62. The molecule has 0 aliphatic heterocycles. The van der Waals surface area contributed by atoms with Gasteiger partial charge in [0.2, 0.25) is 0 Å². The molecule has 1 heterocycles. The predicted octanol–water partition coefficient (Wildman–Crippen LogP) is 2.54. The van der Waals surface area contributed by atoms with Gasteiger partial charge in [0, 0.05) is 5.39 Å². The molecule has 0 bridgehead atoms. The molecule has 0 spiro atoms. The van der Waals surface area contributed by atoms with Gasteiger partial charge >= 0.3 is 12.1 Å². The van der Waals surface area contributed by atoms with Crippen LogP contribution >= 0.6 is 0 Å². The number of nitrogen functional groups attached to an aromatic ring is 1. The van der Waals surface area contributed by atoms with E-state index in [4.69, 9.17) is 15.6 Å². The SMILES string of the molecule is COc1c(N)c(C(=O)O)cc2nc(C(F)(F)F)ccc12. The Balaban J connectivity index is 2.82. The Hall–Kier alpha value is -2.51. The van der Waals surface area contributed by atoms with Crippen molar-refractivity contribution in [1.82, 2.24) is 4.98 Å². The molecule has 0 atom stereocenters. The molecule has 0 aliphatic rings. The molecule has 2 aromatic rings. The van der Waals surface area contributed by atoms with Crippen LogP contribution in [0.15, 0.2) is 18.2 Å². The molecule has 3 N–H and O–H groups in total. The quantitative estimate of drug-likeness (QED) is 0.829. The number of hydrogen-bond acceptors (Lipinski definition) is 4. The highest BCUT2D eigenvalue weighted by Gasteiger charge is 2.33. The fourth-order valence-electron chi connectivity index (χ4n) is 1.81. The molecule has 20 heavy (non-hydrogen) atoms. The summed E-state index contributed by atoms with van der Waals surface area (Å²) in [4.78, 5) is 14.4. The minimum Gasteiger partial charge on any atom is -0.494 e. The van der Waals surface area contributed by atoms with Gasteiger partial charge in [0.05, 0.1) is 23.9 Å². The molecule has 8 heteroatoms. The summed E-state index contributed by atoms with van der Waals surface area (Å²) in [7, 11) is 1.24. The number of pyridine rings is 1. The third kappa shape index (κ3) is 2.20. The maximum Gasteiger partial charge on any atom is 0.433 e. The van der Waals surface area contributed by atoms with Crippen molar-refractivity contribution in [3.05, 3.63) is 29.5 Å². The molecule has 0 unspecified atom stereocenters. The van der Waals surface area contributed by atoms with Crippen LogP contribution in [-0.4, -0.2) is 23.2 Å². The van der Waals surface area contributed by atoms with Crippen molar-refractivity contribution in [2.45, 2.75) is 6.18 Å². The van der Waals surface area contributed by atoms with Crippen LogP contribution in [0, 0.1) is 0 Å². The topological polar surface area (TPSA) is 85.4 Å². The first-order valence-corrected chi connectivity index (χ1v) is 5.33. The first-order valence-electron chi connectivity index (χ1n) is 5.33. The van der Waals surface area contributed by atoms with Gasteiger partial charge in [-0.3, -0.25) is 0 Å². The van der Waals surface area contributed by atoms with Crippen LogP contribution in [0.2, 0.25) is 0 Å². The Morgan fingerprint density at radius 2 is 2.05 bits per heavy atom. The van der Waals surface area contributed by atoms with Gasteiger partial charge in [0.15, 0.2) is 5.75 Å². The van der Waals surface area contributed by atoms with Gasteiger partial charge in [-0.05, 0) is 18.2 Å². The van der Waals surface area contributed by atoms with E-state index in [1.54, 1.807) is 0 Å². The maximum atomic E-state index is 12.6. The molecule has 0 fully saturated rings. The minimum absolute atomic E-state index is 0.0128. The second kappa shape index (κ2) is 4.55. The number of rotatable bonds is 2. The molecular weight excluding hydrogens is 277 g/mol. The summed E-state index contributed by atoms with van der Waals surface area (Å²) >= 11 is 0. The van der Waals surface area contributed by atoms with Gasteiger partial charge in [-0.1, -0.05) is 0 Å². The van der Waals surface area contributed by atoms with Crippen molar-refractivity contribution in [2.75, 3.05) is 12.8 Å². The molecule has 0 aliphatic carbocycles. The Labute approximate surface area is 110 Å². The number of carbonyl (C=O) groups is 1. The van der Waals surface area contributed by atoms with Crippen LogP contribution in [0.1, 0.15) is 16.1 Å². The summed E-state index contributed by atoms with van der Waals surface area (Å²) < 4.78 is 42.8. The number of benzene rings is 1. The Morgan fingerprint density at radius 1 is 1.40 bits per heavy atom. The standard InChI is InChI=1S/C12H9F3N2O3/c1-20-10-5-2-3-8(12(13,14)15)17-7(5)4-6(9(10)16)11(18)19/h2-4H,16H2,1H3,(H,18,19). The van der Waals surface area contributed by atoms with Crippen molar-refractivity contribution in [2.24, 2.45) is 0 Å². The highest BCUT2D eigenvalue weighted by atomic mass is 19.4. The molecule has 1 aromatic heterocycles. The third-order valence-electron chi connectivity index (χ3n) is 2.71. The number of carboxylic acids is 1. The van der Waals surface area contributed by atoms with E-state index in [1.165, 1.54) is 7.11 Å². The lowest BCUT2D eigenvalue weighted by Gasteiger charge is -2.12. The second-order valence-corrected chi connectivity index (χ2v) is 3.94. The van der Waals surface area contributed by atoms with Gasteiger partial charge in [0.25, 0.3) is 0 Å². The number of nitrogens with two attached hydrogens (primary N) is 1. The van der Waals surface area contributed by atoms with Crippen molar-refractivity contribution in [3.8, 4) is 5.75 Å². The Bertz CT molecular complexity index is 698. The Kier molecular flexibility index (Phi) is 3.16. The van der Waals surface area contributed by atoms with Crippen molar-refractivity contribution >= 4 is 22.6 Å². The number of alkyl halides is 3. The van der Waals surface area contributed by atoms with Crippen molar-refractivity contribution < 1.29 is 27.8 Å². The molecule has 2 rings (SSSR count). The molecule has 106 valence electrons. The summed E-state index contributed by atoms with van der Waals surface area (Å²) in [6.45, 7) is 0. The zero-order valence-electron chi connectivity index (χ0n) is 10.2. The number of fused-ring (bicyclic) bond motifs is 1. The molecule has 0 saturated heterocycles. The van der Waals surface area contributed by atoms with E-state index < -0.39 is 17.8 Å². The average molecular weight is 286 g/mol. The number of anilines is 1. The number of halogens is 3. The van der Waals surface area contributed by atoms with Gasteiger partial charge in [-0.25, -0.2) is 9.78 Å². The number of hydrogen-bond donors (Lipinski definition) is 2. The summed E-state index contributed by atoms with van der Waals surface area (Å²) in [5, 5.41) is 9.20. The summed E-state index contributed by atoms with van der Waals surface area (Å²) in [5.41, 5.74) is 3.84. The maximum absolute atomic E-state index is 12.6. The zero-order chi connectivity index (χ0) is 15.1. The lowest BCUT2D eigenvalue weighted by Crippen LogP contribution is -2.09. The van der Waals surface area contributed by atoms with Crippen LogP contribution in [0.25, 0.3) is 10.9 Å². The number of nitrogens with zero attached hydrogens (tertiary/aromatic N) is 1. The number of aromatic carboxylic acids is 1. The fourth-order valence-corrected chi connectivity index (χ4v) is 1.81. The second-order valence-electron chi connectivity index (χ2n) is 3.94. The normalized spacial score (nSPS) is 11.6. The first-order chi connectivity index (χ1) is 9.25. The largest absolute Gasteiger partial charge is 0.494 e. The Morgan fingerprint density at radius 3 is 2.55 bits per heavy atom. The van der Waals surface area contributed by atoms with Crippen LogP contribution in [0.5, 0.6) is 5.75 Å². The molecular formula is C12H9F3N2O3. The van der Waals surface area contributed by atoms with E-state index in [2.05, 4.69) is 4.98 Å². The van der Waals surface area contributed by atoms with Gasteiger partial charge in [0.1, 0.15) is 5.69 Å². The van der Waals surface area contributed by atoms with E-state index in [-0.39, 0.29) is 27.9 Å². The fraction of sp³-hybridized carbons (Fsp3) is 0.167. The van der Waals surface area contributed by atoms with Crippen molar-refractivity contribution in [3.63, 3.8) is 0 Å². The summed E-state index contributed by atoms with van der Waals surface area (Å²) in [6, 6.07) is 2.92.